The van der Waals surface area contributed by atoms with Crippen molar-refractivity contribution in [2.45, 2.75) is 46.6 Å². The minimum absolute atomic E-state index is 0.0659. The molecule has 2 aromatic rings. The normalized spacial score (nSPS) is 18.7. The van der Waals surface area contributed by atoms with Crippen LogP contribution < -0.4 is 15.5 Å². The first-order chi connectivity index (χ1) is 17.1. The molecule has 2 aromatic carbocycles. The monoisotopic (exact) mass is 489 g/mol. The molecule has 0 spiro atoms. The highest BCUT2D eigenvalue weighted by molar-refractivity contribution is 6.02. The Labute approximate surface area is 212 Å². The molecule has 190 valence electrons. The molecule has 7 nitrogen and oxygen atoms in total. The number of ketones is 1. The SMILES string of the molecule is COC(=O)c1ccc(C2C3=C(CC(C)(C)CC3=O)Nc3ccccc3N2CC(=O)NCC(C)C)cc1. The molecule has 0 fully saturated rings. The molecule has 0 saturated carbocycles. The number of carbonyl (C=O) groups excluding carboxylic acids is 3. The molecule has 1 amide bonds. The number of hydrogen-bond donors (Lipinski definition) is 2. The van der Waals surface area contributed by atoms with Crippen LogP contribution in [0, 0.1) is 11.3 Å². The Bertz CT molecular complexity index is 1200. The maximum atomic E-state index is 13.7. The fourth-order valence-electron chi connectivity index (χ4n) is 5.02. The van der Waals surface area contributed by atoms with Gasteiger partial charge in [0.15, 0.2) is 5.78 Å². The van der Waals surface area contributed by atoms with E-state index >= 15 is 0 Å². The van der Waals surface area contributed by atoms with Crippen LogP contribution in [0.1, 0.15) is 62.5 Å². The van der Waals surface area contributed by atoms with Crippen molar-refractivity contribution in [2.24, 2.45) is 11.3 Å². The average molecular weight is 490 g/mol. The molecule has 0 saturated heterocycles. The summed E-state index contributed by atoms with van der Waals surface area (Å²) in [5.41, 5.74) is 4.35. The highest BCUT2D eigenvalue weighted by Gasteiger charge is 2.41. The molecule has 0 aromatic heterocycles. The van der Waals surface area contributed by atoms with Crippen molar-refractivity contribution in [2.75, 3.05) is 30.4 Å². The van der Waals surface area contributed by atoms with Crippen LogP contribution in [-0.2, 0) is 14.3 Å². The predicted molar refractivity (Wildman–Crippen MR) is 141 cm³/mol. The molecule has 1 atom stereocenters. The average Bonchev–Trinajstić information content (AvgIpc) is 2.96. The number of methoxy groups -OCH3 is 1. The largest absolute Gasteiger partial charge is 0.465 e. The number of para-hydroxylation sites is 2. The second kappa shape index (κ2) is 10.2. The molecule has 2 N–H and O–H groups in total. The number of carbonyl (C=O) groups is 3. The second-order valence-corrected chi connectivity index (χ2v) is 10.8. The fraction of sp³-hybridized carbons (Fsp3) is 0.414. The molecule has 1 heterocycles. The van der Waals surface area contributed by atoms with Gasteiger partial charge in [0.1, 0.15) is 0 Å². The Morgan fingerprint density at radius 3 is 2.47 bits per heavy atom. The number of ether oxygens (including phenoxy) is 1. The number of esters is 1. The van der Waals surface area contributed by atoms with Crippen LogP contribution in [-0.4, -0.2) is 37.9 Å². The minimum atomic E-state index is -0.490. The zero-order valence-corrected chi connectivity index (χ0v) is 21.7. The fourth-order valence-corrected chi connectivity index (χ4v) is 5.02. The van der Waals surface area contributed by atoms with Crippen LogP contribution in [0.15, 0.2) is 59.8 Å². The summed E-state index contributed by atoms with van der Waals surface area (Å²) in [7, 11) is 1.35. The molecular formula is C29H35N3O4. The van der Waals surface area contributed by atoms with Gasteiger partial charge in [0.2, 0.25) is 5.91 Å². The van der Waals surface area contributed by atoms with Gasteiger partial charge in [-0.1, -0.05) is 52.0 Å². The molecule has 1 aliphatic carbocycles. The minimum Gasteiger partial charge on any atom is -0.465 e. The summed E-state index contributed by atoms with van der Waals surface area (Å²) in [5, 5.41) is 6.57. The number of fused-ring (bicyclic) bond motifs is 1. The quantitative estimate of drug-likeness (QED) is 0.564. The zero-order valence-electron chi connectivity index (χ0n) is 21.7. The van der Waals surface area contributed by atoms with Crippen molar-refractivity contribution in [1.82, 2.24) is 5.32 Å². The predicted octanol–water partition coefficient (Wildman–Crippen LogP) is 4.86. The molecule has 4 rings (SSSR count). The number of allylic oxidation sites excluding steroid dienone is 1. The van der Waals surface area contributed by atoms with E-state index in [2.05, 4.69) is 38.3 Å². The molecular weight excluding hydrogens is 454 g/mol. The summed E-state index contributed by atoms with van der Waals surface area (Å²) >= 11 is 0. The molecule has 36 heavy (non-hydrogen) atoms. The van der Waals surface area contributed by atoms with E-state index in [-0.39, 0.29) is 23.7 Å². The Morgan fingerprint density at radius 2 is 1.81 bits per heavy atom. The summed E-state index contributed by atoms with van der Waals surface area (Å²) in [6.45, 7) is 8.97. The van der Waals surface area contributed by atoms with E-state index in [4.69, 9.17) is 4.74 Å². The van der Waals surface area contributed by atoms with E-state index in [9.17, 15) is 14.4 Å². The second-order valence-electron chi connectivity index (χ2n) is 10.8. The number of amides is 1. The zero-order chi connectivity index (χ0) is 26.0. The first-order valence-electron chi connectivity index (χ1n) is 12.4. The van der Waals surface area contributed by atoms with Crippen LogP contribution in [0.2, 0.25) is 0 Å². The maximum Gasteiger partial charge on any atom is 0.337 e. The highest BCUT2D eigenvalue weighted by atomic mass is 16.5. The first kappa shape index (κ1) is 25.5. The number of nitrogens with zero attached hydrogens (tertiary/aromatic N) is 1. The number of rotatable bonds is 6. The molecule has 0 bridgehead atoms. The van der Waals surface area contributed by atoms with E-state index in [1.54, 1.807) is 12.1 Å². The van der Waals surface area contributed by atoms with Crippen molar-refractivity contribution in [3.05, 3.63) is 70.9 Å². The maximum absolute atomic E-state index is 13.7. The highest BCUT2D eigenvalue weighted by Crippen LogP contribution is 2.48. The van der Waals surface area contributed by atoms with E-state index < -0.39 is 12.0 Å². The Morgan fingerprint density at radius 1 is 1.11 bits per heavy atom. The molecule has 7 heteroatoms. The van der Waals surface area contributed by atoms with Crippen molar-refractivity contribution >= 4 is 29.0 Å². The van der Waals surface area contributed by atoms with Gasteiger partial charge in [-0.05, 0) is 47.6 Å². The lowest BCUT2D eigenvalue weighted by molar-refractivity contribution is -0.120. The standard InChI is InChI=1S/C29H35N3O4/c1-18(2)16-30-25(34)17-32-23-9-7-6-8-21(23)31-22-14-29(3,4)15-24(33)26(22)27(32)19-10-12-20(13-11-19)28(35)36-5/h6-13,18,27,31H,14-17H2,1-5H3,(H,30,34). The van der Waals surface area contributed by atoms with Gasteiger partial charge in [0.25, 0.3) is 0 Å². The van der Waals surface area contributed by atoms with Gasteiger partial charge in [-0.3, -0.25) is 9.59 Å². The van der Waals surface area contributed by atoms with Crippen LogP contribution in [0.4, 0.5) is 11.4 Å². The molecule has 0 radical (unpaired) electrons. The third-order valence-corrected chi connectivity index (χ3v) is 6.67. The number of benzene rings is 2. The van der Waals surface area contributed by atoms with Crippen LogP contribution in [0.5, 0.6) is 0 Å². The van der Waals surface area contributed by atoms with Gasteiger partial charge in [-0.25, -0.2) is 4.79 Å². The van der Waals surface area contributed by atoms with Gasteiger partial charge >= 0.3 is 5.97 Å². The van der Waals surface area contributed by atoms with Crippen molar-refractivity contribution < 1.29 is 19.1 Å². The Hall–Kier alpha value is -3.61. The molecule has 1 unspecified atom stereocenters. The van der Waals surface area contributed by atoms with Crippen molar-refractivity contribution in [3.8, 4) is 0 Å². The van der Waals surface area contributed by atoms with Crippen LogP contribution in [0.3, 0.4) is 0 Å². The van der Waals surface area contributed by atoms with E-state index in [0.717, 1.165) is 22.6 Å². The lowest BCUT2D eigenvalue weighted by atomic mass is 9.73. The van der Waals surface area contributed by atoms with Gasteiger partial charge in [0.05, 0.1) is 36.6 Å². The summed E-state index contributed by atoms with van der Waals surface area (Å²) in [5.74, 6) is -0.140. The number of hydrogen-bond acceptors (Lipinski definition) is 6. The third kappa shape index (κ3) is 5.30. The number of nitrogens with one attached hydrogen (secondary N) is 2. The molecule has 2 aliphatic rings. The van der Waals surface area contributed by atoms with Gasteiger partial charge < -0.3 is 20.3 Å². The lowest BCUT2D eigenvalue weighted by Crippen LogP contribution is -2.42. The smallest absolute Gasteiger partial charge is 0.337 e. The summed E-state index contributed by atoms with van der Waals surface area (Å²) < 4.78 is 4.86. The van der Waals surface area contributed by atoms with Gasteiger partial charge in [0, 0.05) is 24.2 Å². The van der Waals surface area contributed by atoms with Crippen LogP contribution >= 0.6 is 0 Å². The van der Waals surface area contributed by atoms with Gasteiger partial charge in [-0.15, -0.1) is 0 Å². The Balaban J connectivity index is 1.87. The summed E-state index contributed by atoms with van der Waals surface area (Å²) in [4.78, 5) is 40.9. The summed E-state index contributed by atoms with van der Waals surface area (Å²) in [6.07, 6.45) is 1.14. The first-order valence-corrected chi connectivity index (χ1v) is 12.4. The van der Waals surface area contributed by atoms with Crippen LogP contribution in [0.25, 0.3) is 0 Å². The number of Topliss-reactive ketones (excluding diaryl/α,β-unsaturated/α-hetero) is 1. The summed E-state index contributed by atoms with van der Waals surface area (Å²) in [6, 6.07) is 14.5. The lowest BCUT2D eigenvalue weighted by Gasteiger charge is -2.38. The van der Waals surface area contributed by atoms with Crippen molar-refractivity contribution in [1.29, 1.82) is 0 Å². The van der Waals surface area contributed by atoms with Crippen molar-refractivity contribution in [3.63, 3.8) is 0 Å². The Kier molecular flexibility index (Phi) is 7.20. The van der Waals surface area contributed by atoms with E-state index in [1.807, 2.05) is 41.3 Å². The van der Waals surface area contributed by atoms with Gasteiger partial charge in [-0.2, -0.15) is 0 Å². The van der Waals surface area contributed by atoms with E-state index in [1.165, 1.54) is 7.11 Å². The van der Waals surface area contributed by atoms with E-state index in [0.29, 0.717) is 36.4 Å². The topological polar surface area (TPSA) is 87.7 Å². The number of anilines is 2. The third-order valence-electron chi connectivity index (χ3n) is 6.67. The molecule has 1 aliphatic heterocycles.